The fourth-order valence-corrected chi connectivity index (χ4v) is 6.50. The van der Waals surface area contributed by atoms with Gasteiger partial charge in [-0.2, -0.15) is 0 Å². The monoisotopic (exact) mass is 915 g/mol. The number of carbonyl (C=O) groups excluding carboxylic acids is 2. The number of carboxylic acids is 1. The van der Waals surface area contributed by atoms with Crippen LogP contribution in [0.15, 0.2) is 134 Å². The average molecular weight is 915 g/mol. The highest BCUT2D eigenvalue weighted by Gasteiger charge is 2.31. The number of allylic oxidation sites excluding steroid dienone is 22. The number of carboxylic acid groups (broad SMARTS) is 1. The van der Waals surface area contributed by atoms with E-state index in [9.17, 15) is 19.5 Å². The van der Waals surface area contributed by atoms with Crippen molar-refractivity contribution in [2.24, 2.45) is 0 Å². The maximum absolute atomic E-state index is 12.8. The zero-order valence-electron chi connectivity index (χ0n) is 42.1. The van der Waals surface area contributed by atoms with Crippen LogP contribution in [0.4, 0.5) is 0 Å². The number of hydrogen-bond donors (Lipinski definition) is 1. The van der Waals surface area contributed by atoms with Gasteiger partial charge in [0.1, 0.15) is 6.61 Å². The van der Waals surface area contributed by atoms with Crippen LogP contribution >= 0.6 is 0 Å². The van der Waals surface area contributed by atoms with Crippen molar-refractivity contribution in [3.63, 3.8) is 0 Å². The van der Waals surface area contributed by atoms with Crippen LogP contribution in [0.5, 0.6) is 0 Å². The van der Waals surface area contributed by atoms with Crippen molar-refractivity contribution < 1.29 is 38.2 Å². The number of aliphatic carboxylic acids is 1. The quantitative estimate of drug-likeness (QED) is 0.0281. The molecular weight excluding hydrogens is 823 g/mol. The van der Waals surface area contributed by atoms with Crippen molar-refractivity contribution in [3.05, 3.63) is 134 Å². The highest BCUT2D eigenvalue weighted by Crippen LogP contribution is 2.12. The zero-order valence-corrected chi connectivity index (χ0v) is 42.1. The number of quaternary nitrogens is 1. The maximum Gasteiger partial charge on any atom is 0.362 e. The van der Waals surface area contributed by atoms with E-state index in [-0.39, 0.29) is 36.7 Å². The summed E-state index contributed by atoms with van der Waals surface area (Å²) >= 11 is 0. The molecule has 370 valence electrons. The third-order valence-corrected chi connectivity index (χ3v) is 10.3. The molecule has 0 spiro atoms. The first kappa shape index (κ1) is 61.5. The van der Waals surface area contributed by atoms with Crippen LogP contribution in [0, 0.1) is 0 Å². The summed E-state index contributed by atoms with van der Waals surface area (Å²) in [5.41, 5.74) is 0. The predicted octanol–water partition coefficient (Wildman–Crippen LogP) is 14.7. The first-order chi connectivity index (χ1) is 32.1. The van der Waals surface area contributed by atoms with E-state index in [1.807, 2.05) is 33.3 Å². The first-order valence-electron chi connectivity index (χ1n) is 25.2. The number of carbonyl (C=O) groups is 3. The van der Waals surface area contributed by atoms with Gasteiger partial charge in [0.05, 0.1) is 34.4 Å². The number of hydrogen-bond acceptors (Lipinski definition) is 6. The van der Waals surface area contributed by atoms with E-state index in [1.54, 1.807) is 0 Å². The number of likely N-dealkylation sites (N-methyl/N-ethyl adjacent to an activating group) is 1. The zero-order chi connectivity index (χ0) is 48.4. The Labute approximate surface area is 403 Å². The molecule has 0 saturated heterocycles. The topological polar surface area (TPSA) is 99.1 Å². The van der Waals surface area contributed by atoms with Gasteiger partial charge in [-0.25, -0.2) is 4.79 Å². The van der Waals surface area contributed by atoms with Gasteiger partial charge in [0.2, 0.25) is 0 Å². The number of nitrogens with zero attached hydrogens (tertiary/aromatic N) is 1. The largest absolute Gasteiger partial charge is 0.477 e. The first-order valence-corrected chi connectivity index (χ1v) is 25.2. The van der Waals surface area contributed by atoms with Gasteiger partial charge in [-0.15, -0.1) is 0 Å². The summed E-state index contributed by atoms with van der Waals surface area (Å²) in [6, 6.07) is -0.639. The van der Waals surface area contributed by atoms with E-state index in [1.165, 1.54) is 19.3 Å². The predicted molar refractivity (Wildman–Crippen MR) is 279 cm³/mol. The van der Waals surface area contributed by atoms with E-state index in [0.29, 0.717) is 19.3 Å². The second-order valence-electron chi connectivity index (χ2n) is 17.3. The number of esters is 2. The van der Waals surface area contributed by atoms with Gasteiger partial charge in [0.15, 0.2) is 12.1 Å². The fourth-order valence-electron chi connectivity index (χ4n) is 6.50. The van der Waals surface area contributed by atoms with Crippen LogP contribution in [0.3, 0.4) is 0 Å². The van der Waals surface area contributed by atoms with Gasteiger partial charge in [-0.3, -0.25) is 9.59 Å². The van der Waals surface area contributed by atoms with E-state index >= 15 is 0 Å². The lowest BCUT2D eigenvalue weighted by molar-refractivity contribution is -0.887. The summed E-state index contributed by atoms with van der Waals surface area (Å²) in [4.78, 5) is 37.1. The highest BCUT2D eigenvalue weighted by molar-refractivity contribution is 5.72. The normalized spacial score (nSPS) is 14.0. The molecule has 0 heterocycles. The summed E-state index contributed by atoms with van der Waals surface area (Å²) in [7, 11) is 5.49. The summed E-state index contributed by atoms with van der Waals surface area (Å²) in [6.45, 7) is 4.39. The molecule has 0 radical (unpaired) electrons. The molecule has 0 aliphatic rings. The maximum atomic E-state index is 12.8. The summed E-state index contributed by atoms with van der Waals surface area (Å²) in [6.07, 6.45) is 68.0. The molecule has 0 aliphatic carbocycles. The van der Waals surface area contributed by atoms with Gasteiger partial charge in [-0.05, 0) is 96.3 Å². The summed E-state index contributed by atoms with van der Waals surface area (Å²) in [5.74, 6) is -1.61. The summed E-state index contributed by atoms with van der Waals surface area (Å²) < 4.78 is 17.2. The molecule has 2 atom stereocenters. The van der Waals surface area contributed by atoms with Crippen molar-refractivity contribution >= 4 is 17.9 Å². The van der Waals surface area contributed by atoms with Crippen LogP contribution in [-0.4, -0.2) is 80.6 Å². The third kappa shape index (κ3) is 44.7. The van der Waals surface area contributed by atoms with Crippen molar-refractivity contribution in [1.29, 1.82) is 0 Å². The fraction of sp³-hybridized carbons (Fsp3) is 0.569. The molecule has 0 aromatic heterocycles. The molecule has 8 nitrogen and oxygen atoms in total. The van der Waals surface area contributed by atoms with Gasteiger partial charge < -0.3 is 23.8 Å². The second kappa shape index (κ2) is 47.0. The van der Waals surface area contributed by atoms with Crippen LogP contribution in [0.1, 0.15) is 162 Å². The molecule has 0 fully saturated rings. The summed E-state index contributed by atoms with van der Waals surface area (Å²) in [5, 5.41) is 9.65. The van der Waals surface area contributed by atoms with E-state index < -0.39 is 24.1 Å². The minimum atomic E-state index is -0.894. The van der Waals surface area contributed by atoms with Gasteiger partial charge in [0.25, 0.3) is 0 Å². The van der Waals surface area contributed by atoms with Crippen molar-refractivity contribution in [2.75, 3.05) is 41.0 Å². The van der Waals surface area contributed by atoms with Crippen LogP contribution < -0.4 is 0 Å². The van der Waals surface area contributed by atoms with Crippen LogP contribution in [-0.2, 0) is 28.6 Å². The lowest BCUT2D eigenvalue weighted by Gasteiger charge is -2.31. The molecule has 8 heteroatoms. The Morgan fingerprint density at radius 3 is 1.24 bits per heavy atom. The van der Waals surface area contributed by atoms with Gasteiger partial charge >= 0.3 is 17.9 Å². The average Bonchev–Trinajstić information content (AvgIpc) is 3.28. The Morgan fingerprint density at radius 1 is 0.455 bits per heavy atom. The Bertz CT molecular complexity index is 1530. The Hall–Kier alpha value is -4.53. The van der Waals surface area contributed by atoms with E-state index in [2.05, 4.69) is 135 Å². The molecule has 0 saturated carbocycles. The van der Waals surface area contributed by atoms with Crippen molar-refractivity contribution in [1.82, 2.24) is 0 Å². The molecule has 0 bridgehead atoms. The Morgan fingerprint density at radius 2 is 0.833 bits per heavy atom. The smallest absolute Gasteiger partial charge is 0.362 e. The van der Waals surface area contributed by atoms with Gasteiger partial charge in [-0.1, -0.05) is 180 Å². The second-order valence-corrected chi connectivity index (χ2v) is 17.3. The Kier molecular flexibility index (Phi) is 43.8. The SMILES string of the molecule is CC/C=C/C/C=C/C/C=C/C/C=C/C/C=C/C/C=C/CCC(=O)OC(COCCC(C(=O)O)[N+](C)(C)C)COC(=O)CCCCCCCCC/C=C/C/C=C/C/C=C/C/C=C/C/C=C/CC. The van der Waals surface area contributed by atoms with Crippen molar-refractivity contribution in [3.8, 4) is 0 Å². The van der Waals surface area contributed by atoms with Crippen LogP contribution in [0.2, 0.25) is 0 Å². The Balaban J connectivity index is 4.41. The standard InChI is InChI=1S/C58H91NO7/c1-6-8-10-12-14-16-18-20-22-24-26-27-28-29-31-32-34-36-38-40-42-44-46-48-56(60)65-53-54(52-64-51-50-55(58(62)63)59(3,4)5)66-57(61)49-47-45-43-41-39-37-35-33-30-25-23-21-19-17-15-13-11-9-7-2/h8-11,14-17,20-23,26-27,29-31,33,37,39,43,45,54-55H,6-7,12-13,18-19,24-25,28,32,34-36,38,40-42,44,46-53H2,1-5H3/p+1/b10-8+,11-9+,16-14+,17-15+,22-20+,23-21+,27-26+,31-29+,33-30+,39-37+,45-43+. The lowest BCUT2D eigenvalue weighted by atomic mass is 10.1. The number of unbranched alkanes of at least 4 members (excludes halogenated alkanes) is 7. The highest BCUT2D eigenvalue weighted by atomic mass is 16.6. The van der Waals surface area contributed by atoms with Crippen LogP contribution in [0.25, 0.3) is 0 Å². The number of ether oxygens (including phenoxy) is 3. The molecular formula is C58H92NO7+. The molecule has 0 aromatic rings. The molecule has 0 amide bonds. The molecule has 2 unspecified atom stereocenters. The minimum absolute atomic E-state index is 0.0174. The minimum Gasteiger partial charge on any atom is -0.477 e. The molecule has 0 aliphatic heterocycles. The van der Waals surface area contributed by atoms with E-state index in [0.717, 1.165) is 103 Å². The molecule has 1 N–H and O–H groups in total. The van der Waals surface area contributed by atoms with Gasteiger partial charge in [0, 0.05) is 19.3 Å². The lowest BCUT2D eigenvalue weighted by Crippen LogP contribution is -2.50. The molecule has 66 heavy (non-hydrogen) atoms. The van der Waals surface area contributed by atoms with Crippen molar-refractivity contribution in [2.45, 2.75) is 174 Å². The molecule has 0 aromatic carbocycles. The number of rotatable bonds is 43. The molecule has 0 rings (SSSR count). The van der Waals surface area contributed by atoms with E-state index in [4.69, 9.17) is 14.2 Å². The third-order valence-electron chi connectivity index (χ3n) is 10.3.